The first-order valence-corrected chi connectivity index (χ1v) is 8.28. The number of morpholine rings is 1. The van der Waals surface area contributed by atoms with E-state index in [2.05, 4.69) is 60.4 Å². The molecule has 6 nitrogen and oxygen atoms in total. The number of aromatic nitrogens is 3. The zero-order chi connectivity index (χ0) is 15.6. The lowest BCUT2D eigenvalue weighted by atomic mass is 10.2. The van der Waals surface area contributed by atoms with E-state index in [1.54, 1.807) is 12.4 Å². The number of halogens is 1. The zero-order valence-corrected chi connectivity index (χ0v) is 14.0. The second-order valence-corrected chi connectivity index (χ2v) is 6.13. The van der Waals surface area contributed by atoms with Gasteiger partial charge in [-0.3, -0.25) is 4.40 Å². The number of hydrogen-bond acceptors (Lipinski definition) is 5. The Morgan fingerprint density at radius 1 is 1.09 bits per heavy atom. The Hall–Kier alpha value is -2.12. The predicted octanol–water partition coefficient (Wildman–Crippen LogP) is 3.07. The number of anilines is 3. The van der Waals surface area contributed by atoms with Crippen molar-refractivity contribution in [2.45, 2.75) is 0 Å². The lowest BCUT2D eigenvalue weighted by Crippen LogP contribution is -2.36. The third-order valence-electron chi connectivity index (χ3n) is 3.89. The summed E-state index contributed by atoms with van der Waals surface area (Å²) in [5.74, 6) is 0.734. The molecule has 1 aliphatic heterocycles. The Kier molecular flexibility index (Phi) is 3.88. The highest BCUT2D eigenvalue weighted by molar-refractivity contribution is 9.10. The number of benzene rings is 1. The fourth-order valence-corrected chi connectivity index (χ4v) is 3.08. The van der Waals surface area contributed by atoms with Gasteiger partial charge in [-0.25, -0.2) is 9.97 Å². The molecule has 1 aliphatic rings. The summed E-state index contributed by atoms with van der Waals surface area (Å²) in [5, 5.41) is 3.33. The first-order valence-electron chi connectivity index (χ1n) is 7.48. The van der Waals surface area contributed by atoms with Crippen LogP contribution in [0.2, 0.25) is 0 Å². The van der Waals surface area contributed by atoms with Crippen LogP contribution in [0.4, 0.5) is 17.2 Å². The summed E-state index contributed by atoms with van der Waals surface area (Å²) in [6.45, 7) is 3.47. The lowest BCUT2D eigenvalue weighted by molar-refractivity contribution is 0.122. The Morgan fingerprint density at radius 3 is 2.65 bits per heavy atom. The molecule has 2 aromatic heterocycles. The Morgan fingerprint density at radius 2 is 1.87 bits per heavy atom. The van der Waals surface area contributed by atoms with Crippen LogP contribution >= 0.6 is 15.9 Å². The number of ether oxygens (including phenoxy) is 1. The molecule has 0 bridgehead atoms. The fourth-order valence-electron chi connectivity index (χ4n) is 2.69. The van der Waals surface area contributed by atoms with Crippen LogP contribution in [0.1, 0.15) is 0 Å². The van der Waals surface area contributed by atoms with E-state index in [1.807, 2.05) is 10.6 Å². The van der Waals surface area contributed by atoms with Gasteiger partial charge in [0, 0.05) is 36.9 Å². The maximum Gasteiger partial charge on any atom is 0.181 e. The topological polar surface area (TPSA) is 54.7 Å². The Bertz CT molecular complexity index is 811. The molecule has 0 radical (unpaired) electrons. The van der Waals surface area contributed by atoms with Crippen LogP contribution in [0.3, 0.4) is 0 Å². The van der Waals surface area contributed by atoms with Gasteiger partial charge in [-0.2, -0.15) is 0 Å². The second-order valence-electron chi connectivity index (χ2n) is 5.32. The molecule has 23 heavy (non-hydrogen) atoms. The number of rotatable bonds is 3. The number of hydrogen-bond donors (Lipinski definition) is 1. The largest absolute Gasteiger partial charge is 0.378 e. The van der Waals surface area contributed by atoms with E-state index in [9.17, 15) is 0 Å². The molecule has 1 saturated heterocycles. The van der Waals surface area contributed by atoms with Crippen molar-refractivity contribution in [3.05, 3.63) is 47.5 Å². The summed E-state index contributed by atoms with van der Waals surface area (Å²) in [6.07, 6.45) is 5.42. The van der Waals surface area contributed by atoms with Crippen LogP contribution in [0.15, 0.2) is 47.5 Å². The first-order chi connectivity index (χ1) is 11.3. The average molecular weight is 374 g/mol. The summed E-state index contributed by atoms with van der Waals surface area (Å²) in [5.41, 5.74) is 2.99. The maximum atomic E-state index is 5.39. The molecule has 0 unspecified atom stereocenters. The van der Waals surface area contributed by atoms with Crippen LogP contribution < -0.4 is 10.2 Å². The number of fused-ring (bicyclic) bond motifs is 1. The number of nitrogens with zero attached hydrogens (tertiary/aromatic N) is 4. The summed E-state index contributed by atoms with van der Waals surface area (Å²) in [7, 11) is 0. The second kappa shape index (κ2) is 6.17. The molecular formula is C16H16BrN5O. The third-order valence-corrected chi connectivity index (χ3v) is 4.48. The molecule has 0 aliphatic carbocycles. The summed E-state index contributed by atoms with van der Waals surface area (Å²) >= 11 is 3.47. The highest BCUT2D eigenvalue weighted by Crippen LogP contribution is 2.24. The van der Waals surface area contributed by atoms with Crippen LogP contribution in [0.25, 0.3) is 5.65 Å². The van der Waals surface area contributed by atoms with Gasteiger partial charge in [-0.1, -0.05) is 0 Å². The van der Waals surface area contributed by atoms with Crippen LogP contribution in [0, 0.1) is 0 Å². The number of nitrogens with one attached hydrogen (secondary N) is 1. The number of imidazole rings is 1. The molecule has 1 N–H and O–H groups in total. The van der Waals surface area contributed by atoms with Crippen molar-refractivity contribution in [3.63, 3.8) is 0 Å². The molecule has 0 saturated carbocycles. The van der Waals surface area contributed by atoms with Gasteiger partial charge in [-0.05, 0) is 40.2 Å². The van der Waals surface area contributed by atoms with E-state index in [0.717, 1.165) is 48.1 Å². The van der Waals surface area contributed by atoms with Gasteiger partial charge in [0.2, 0.25) is 0 Å². The van der Waals surface area contributed by atoms with Crippen LogP contribution in [-0.4, -0.2) is 40.7 Å². The van der Waals surface area contributed by atoms with E-state index < -0.39 is 0 Å². The van der Waals surface area contributed by atoms with E-state index in [-0.39, 0.29) is 0 Å². The van der Waals surface area contributed by atoms with Crippen LogP contribution in [-0.2, 0) is 4.74 Å². The standard InChI is InChI=1S/C16H16BrN5O/c17-14-11-19-15(16-18-5-6-22(14)16)20-12-1-3-13(4-2-12)21-7-9-23-10-8-21/h1-6,11H,7-10H2,(H,19,20). The van der Waals surface area contributed by atoms with Gasteiger partial charge < -0.3 is 15.0 Å². The van der Waals surface area contributed by atoms with Gasteiger partial charge in [0.1, 0.15) is 4.60 Å². The van der Waals surface area contributed by atoms with E-state index >= 15 is 0 Å². The monoisotopic (exact) mass is 373 g/mol. The Labute approximate surface area is 142 Å². The lowest BCUT2D eigenvalue weighted by Gasteiger charge is -2.28. The van der Waals surface area contributed by atoms with Crippen molar-refractivity contribution >= 4 is 38.8 Å². The zero-order valence-electron chi connectivity index (χ0n) is 12.4. The molecule has 1 aromatic carbocycles. The third kappa shape index (κ3) is 2.89. The fraction of sp³-hybridized carbons (Fsp3) is 0.250. The molecule has 3 heterocycles. The van der Waals surface area contributed by atoms with E-state index in [4.69, 9.17) is 4.74 Å². The predicted molar refractivity (Wildman–Crippen MR) is 93.4 cm³/mol. The van der Waals surface area contributed by atoms with Crippen molar-refractivity contribution in [2.75, 3.05) is 36.5 Å². The van der Waals surface area contributed by atoms with Crippen LogP contribution in [0.5, 0.6) is 0 Å². The highest BCUT2D eigenvalue weighted by Gasteiger charge is 2.11. The van der Waals surface area contributed by atoms with Gasteiger partial charge >= 0.3 is 0 Å². The van der Waals surface area contributed by atoms with E-state index in [0.29, 0.717) is 0 Å². The highest BCUT2D eigenvalue weighted by atomic mass is 79.9. The van der Waals surface area contributed by atoms with Gasteiger partial charge in [-0.15, -0.1) is 0 Å². The quantitative estimate of drug-likeness (QED) is 0.764. The molecular weight excluding hydrogens is 358 g/mol. The van der Waals surface area contributed by atoms with Crippen molar-refractivity contribution in [2.24, 2.45) is 0 Å². The maximum absolute atomic E-state index is 5.39. The molecule has 3 aromatic rings. The molecule has 118 valence electrons. The summed E-state index contributed by atoms with van der Waals surface area (Å²) < 4.78 is 8.21. The molecule has 0 amide bonds. The Balaban J connectivity index is 1.56. The van der Waals surface area contributed by atoms with Gasteiger partial charge in [0.15, 0.2) is 11.5 Å². The van der Waals surface area contributed by atoms with Crippen molar-refractivity contribution in [1.82, 2.24) is 14.4 Å². The van der Waals surface area contributed by atoms with E-state index in [1.165, 1.54) is 5.69 Å². The normalized spacial score (nSPS) is 15.1. The minimum absolute atomic E-state index is 0.734. The minimum Gasteiger partial charge on any atom is -0.378 e. The molecule has 0 spiro atoms. The first kappa shape index (κ1) is 14.5. The molecule has 1 fully saturated rings. The summed E-state index contributed by atoms with van der Waals surface area (Å²) in [4.78, 5) is 11.1. The van der Waals surface area contributed by atoms with Gasteiger partial charge in [0.05, 0.1) is 19.4 Å². The minimum atomic E-state index is 0.734. The molecule has 0 atom stereocenters. The van der Waals surface area contributed by atoms with Crippen molar-refractivity contribution in [3.8, 4) is 0 Å². The smallest absolute Gasteiger partial charge is 0.181 e. The van der Waals surface area contributed by atoms with Crippen molar-refractivity contribution < 1.29 is 4.74 Å². The molecule has 4 rings (SSSR count). The summed E-state index contributed by atoms with van der Waals surface area (Å²) in [6, 6.07) is 8.37. The SMILES string of the molecule is Brc1cnc(Nc2ccc(N3CCOCC3)cc2)c2nccn12. The molecule has 7 heteroatoms. The van der Waals surface area contributed by atoms with Crippen molar-refractivity contribution in [1.29, 1.82) is 0 Å². The average Bonchev–Trinajstić information content (AvgIpc) is 3.10. The van der Waals surface area contributed by atoms with Gasteiger partial charge in [0.25, 0.3) is 0 Å².